The SMILES string of the molecule is CCOC(=O)CC(=NC)OCC. The van der Waals surface area contributed by atoms with Crippen LogP contribution >= 0.6 is 0 Å². The maximum atomic E-state index is 10.9. The molecule has 0 unspecified atom stereocenters. The highest BCUT2D eigenvalue weighted by atomic mass is 16.5. The molecule has 0 amide bonds. The molecule has 0 radical (unpaired) electrons. The molecule has 0 rings (SSSR count). The monoisotopic (exact) mass is 173 g/mol. The lowest BCUT2D eigenvalue weighted by Gasteiger charge is -2.05. The van der Waals surface area contributed by atoms with Gasteiger partial charge in [-0.05, 0) is 13.8 Å². The summed E-state index contributed by atoms with van der Waals surface area (Å²) in [5.74, 6) is 0.127. The van der Waals surface area contributed by atoms with Gasteiger partial charge in [-0.3, -0.25) is 9.79 Å². The molecule has 0 aliphatic carbocycles. The number of hydrogen-bond acceptors (Lipinski definition) is 4. The van der Waals surface area contributed by atoms with Gasteiger partial charge in [0.15, 0.2) is 5.90 Å². The fourth-order valence-electron chi connectivity index (χ4n) is 0.697. The lowest BCUT2D eigenvalue weighted by Crippen LogP contribution is -2.13. The Morgan fingerprint density at radius 3 is 2.25 bits per heavy atom. The molecular formula is C8H15NO3. The van der Waals surface area contributed by atoms with Crippen LogP contribution in [0.4, 0.5) is 0 Å². The smallest absolute Gasteiger partial charge is 0.315 e. The first-order chi connectivity index (χ1) is 5.74. The van der Waals surface area contributed by atoms with Crippen molar-refractivity contribution in [3.63, 3.8) is 0 Å². The summed E-state index contributed by atoms with van der Waals surface area (Å²) in [7, 11) is 1.59. The summed E-state index contributed by atoms with van der Waals surface area (Å²) in [4.78, 5) is 14.7. The third-order valence-electron chi connectivity index (χ3n) is 1.16. The minimum absolute atomic E-state index is 0.123. The average Bonchev–Trinajstić information content (AvgIpc) is 2.04. The topological polar surface area (TPSA) is 47.9 Å². The molecule has 4 heteroatoms. The lowest BCUT2D eigenvalue weighted by molar-refractivity contribution is -0.141. The van der Waals surface area contributed by atoms with Crippen LogP contribution in [0.15, 0.2) is 4.99 Å². The zero-order chi connectivity index (χ0) is 9.40. The van der Waals surface area contributed by atoms with Crippen LogP contribution in [0.2, 0.25) is 0 Å². The Kier molecular flexibility index (Phi) is 6.05. The second kappa shape index (κ2) is 6.64. The number of nitrogens with zero attached hydrogens (tertiary/aromatic N) is 1. The fourth-order valence-corrected chi connectivity index (χ4v) is 0.697. The molecule has 4 nitrogen and oxygen atoms in total. The molecule has 0 aromatic carbocycles. The third kappa shape index (κ3) is 4.71. The van der Waals surface area contributed by atoms with Crippen molar-refractivity contribution in [1.29, 1.82) is 0 Å². The van der Waals surface area contributed by atoms with Crippen molar-refractivity contribution in [2.75, 3.05) is 20.3 Å². The number of esters is 1. The molecule has 0 spiro atoms. The van der Waals surface area contributed by atoms with Gasteiger partial charge in [0.2, 0.25) is 0 Å². The predicted molar refractivity (Wildman–Crippen MR) is 46.2 cm³/mol. The van der Waals surface area contributed by atoms with Crippen LogP contribution in [0.1, 0.15) is 20.3 Å². The van der Waals surface area contributed by atoms with Gasteiger partial charge >= 0.3 is 5.97 Å². The largest absolute Gasteiger partial charge is 0.481 e. The van der Waals surface area contributed by atoms with E-state index in [0.717, 1.165) is 0 Å². The molecule has 0 N–H and O–H groups in total. The number of ether oxygens (including phenoxy) is 2. The third-order valence-corrected chi connectivity index (χ3v) is 1.16. The van der Waals surface area contributed by atoms with Crippen molar-refractivity contribution in [3.05, 3.63) is 0 Å². The second-order valence-corrected chi connectivity index (χ2v) is 2.03. The van der Waals surface area contributed by atoms with Gasteiger partial charge in [-0.1, -0.05) is 0 Å². The molecule has 0 aliphatic rings. The Hall–Kier alpha value is -1.06. The van der Waals surface area contributed by atoms with E-state index in [0.29, 0.717) is 19.1 Å². The van der Waals surface area contributed by atoms with Gasteiger partial charge in [-0.2, -0.15) is 0 Å². The van der Waals surface area contributed by atoms with Crippen molar-refractivity contribution < 1.29 is 14.3 Å². The molecule has 0 atom stereocenters. The van der Waals surface area contributed by atoms with E-state index in [2.05, 4.69) is 4.99 Å². The van der Waals surface area contributed by atoms with Crippen LogP contribution in [0.25, 0.3) is 0 Å². The Balaban J connectivity index is 3.78. The predicted octanol–water partition coefficient (Wildman–Crippen LogP) is 1.00. The summed E-state index contributed by atoms with van der Waals surface area (Å²) in [6.45, 7) is 4.52. The molecule has 0 fully saturated rings. The number of carbonyl (C=O) groups excluding carboxylic acids is 1. The molecule has 0 aromatic rings. The maximum absolute atomic E-state index is 10.9. The molecule has 0 bridgehead atoms. The number of aliphatic imine (C=N–C) groups is 1. The van der Waals surface area contributed by atoms with Crippen LogP contribution in [0.5, 0.6) is 0 Å². The summed E-state index contributed by atoms with van der Waals surface area (Å²) < 4.78 is 9.78. The molecule has 70 valence electrons. The average molecular weight is 173 g/mol. The van der Waals surface area contributed by atoms with Crippen molar-refractivity contribution in [1.82, 2.24) is 0 Å². The molecule has 0 aromatic heterocycles. The van der Waals surface area contributed by atoms with Crippen molar-refractivity contribution >= 4 is 11.9 Å². The summed E-state index contributed by atoms with van der Waals surface area (Å²) in [5.41, 5.74) is 0. The first kappa shape index (κ1) is 10.9. The van der Waals surface area contributed by atoms with Crippen LogP contribution in [0.3, 0.4) is 0 Å². The van der Waals surface area contributed by atoms with E-state index >= 15 is 0 Å². The van der Waals surface area contributed by atoms with E-state index in [1.54, 1.807) is 14.0 Å². The van der Waals surface area contributed by atoms with Gasteiger partial charge in [0.05, 0.1) is 13.2 Å². The molecule has 12 heavy (non-hydrogen) atoms. The van der Waals surface area contributed by atoms with E-state index in [1.165, 1.54) is 0 Å². The molecule has 0 saturated carbocycles. The Morgan fingerprint density at radius 2 is 1.83 bits per heavy atom. The fraction of sp³-hybridized carbons (Fsp3) is 0.750. The van der Waals surface area contributed by atoms with Crippen molar-refractivity contribution in [3.8, 4) is 0 Å². The standard InChI is InChI=1S/C8H15NO3/c1-4-11-7(9-3)6-8(10)12-5-2/h4-6H2,1-3H3. The maximum Gasteiger partial charge on any atom is 0.315 e. The molecule has 0 heterocycles. The highest BCUT2D eigenvalue weighted by Gasteiger charge is 2.07. The Bertz CT molecular complexity index is 166. The number of rotatable bonds is 4. The normalized spacial score (nSPS) is 11.1. The highest BCUT2D eigenvalue weighted by molar-refractivity contribution is 5.94. The lowest BCUT2D eigenvalue weighted by atomic mass is 10.4. The summed E-state index contributed by atoms with van der Waals surface area (Å²) in [5, 5.41) is 0. The van der Waals surface area contributed by atoms with Crippen LogP contribution in [-0.2, 0) is 14.3 Å². The van der Waals surface area contributed by atoms with Crippen LogP contribution < -0.4 is 0 Å². The summed E-state index contributed by atoms with van der Waals surface area (Å²) in [6.07, 6.45) is 0.123. The van der Waals surface area contributed by atoms with Crippen LogP contribution in [-0.4, -0.2) is 32.1 Å². The van der Waals surface area contributed by atoms with Crippen molar-refractivity contribution in [2.45, 2.75) is 20.3 Å². The highest BCUT2D eigenvalue weighted by Crippen LogP contribution is 1.92. The Labute approximate surface area is 72.6 Å². The van der Waals surface area contributed by atoms with Gasteiger partial charge in [-0.25, -0.2) is 0 Å². The van der Waals surface area contributed by atoms with Gasteiger partial charge < -0.3 is 9.47 Å². The second-order valence-electron chi connectivity index (χ2n) is 2.03. The van der Waals surface area contributed by atoms with E-state index < -0.39 is 0 Å². The quantitative estimate of drug-likeness (QED) is 0.362. The summed E-state index contributed by atoms with van der Waals surface area (Å²) in [6, 6.07) is 0. The van der Waals surface area contributed by atoms with E-state index in [4.69, 9.17) is 9.47 Å². The number of carbonyl (C=O) groups is 1. The van der Waals surface area contributed by atoms with E-state index in [9.17, 15) is 4.79 Å². The number of hydrogen-bond donors (Lipinski definition) is 0. The molecule has 0 aliphatic heterocycles. The van der Waals surface area contributed by atoms with E-state index in [1.807, 2.05) is 6.92 Å². The minimum Gasteiger partial charge on any atom is -0.481 e. The van der Waals surface area contributed by atoms with Gasteiger partial charge in [0.1, 0.15) is 6.42 Å². The minimum atomic E-state index is -0.299. The molecule has 0 saturated heterocycles. The molecular weight excluding hydrogens is 158 g/mol. The summed E-state index contributed by atoms with van der Waals surface area (Å²) >= 11 is 0. The van der Waals surface area contributed by atoms with Gasteiger partial charge in [0.25, 0.3) is 0 Å². The first-order valence-electron chi connectivity index (χ1n) is 3.98. The van der Waals surface area contributed by atoms with Crippen LogP contribution in [0, 0.1) is 0 Å². The van der Waals surface area contributed by atoms with Gasteiger partial charge in [0, 0.05) is 7.05 Å². The Morgan fingerprint density at radius 1 is 1.25 bits per heavy atom. The van der Waals surface area contributed by atoms with Crippen molar-refractivity contribution in [2.24, 2.45) is 4.99 Å². The van der Waals surface area contributed by atoms with E-state index in [-0.39, 0.29) is 12.4 Å². The first-order valence-corrected chi connectivity index (χ1v) is 3.98. The van der Waals surface area contributed by atoms with Gasteiger partial charge in [-0.15, -0.1) is 0 Å². The zero-order valence-corrected chi connectivity index (χ0v) is 7.79. The zero-order valence-electron chi connectivity index (χ0n) is 7.79.